The van der Waals surface area contributed by atoms with Gasteiger partial charge in [-0.2, -0.15) is 4.37 Å². The average molecular weight is 385 g/mol. The highest BCUT2D eigenvalue weighted by atomic mass is 35.5. The van der Waals surface area contributed by atoms with Crippen molar-refractivity contribution in [2.75, 3.05) is 0 Å². The highest BCUT2D eigenvalue weighted by Gasteiger charge is 2.28. The number of benzene rings is 1. The van der Waals surface area contributed by atoms with Crippen molar-refractivity contribution < 1.29 is 13.5 Å². The largest absolute Gasteiger partial charge is 0.506 e. The van der Waals surface area contributed by atoms with E-state index in [0.717, 1.165) is 17.2 Å². The molecule has 126 valence electrons. The quantitative estimate of drug-likeness (QED) is 0.783. The summed E-state index contributed by atoms with van der Waals surface area (Å²) in [5, 5.41) is 23.5. The molecule has 0 radical (unpaired) electrons. The van der Waals surface area contributed by atoms with E-state index >= 15 is 0 Å². The number of hydrogen-bond acceptors (Lipinski definition) is 7. The summed E-state index contributed by atoms with van der Waals surface area (Å²) in [5.74, 6) is -0.268. The summed E-state index contributed by atoms with van der Waals surface area (Å²) in [5.41, 5.74) is 1.85. The first kappa shape index (κ1) is 17.0. The van der Waals surface area contributed by atoms with Gasteiger partial charge in [-0.05, 0) is 48.1 Å². The van der Waals surface area contributed by atoms with Gasteiger partial charge < -0.3 is 5.11 Å². The maximum Gasteiger partial charge on any atom is 0.234 e. The number of sulfonamides is 1. The van der Waals surface area contributed by atoms with Crippen LogP contribution >= 0.6 is 23.1 Å². The Morgan fingerprint density at radius 1 is 1.42 bits per heavy atom. The standard InChI is InChI=1S/C14H13ClN4O3S2/c1-7-4-11-9(6-13(7)24(16,21)22)14(23-19-11)18-17-8-2-3-12(20)10(15)5-8/h2-3,5-7,20H,4H2,1H3,(H2,16,21,22). The van der Waals surface area contributed by atoms with E-state index in [1.807, 2.05) is 0 Å². The monoisotopic (exact) mass is 384 g/mol. The molecule has 0 saturated carbocycles. The number of nitrogens with zero attached hydrogens (tertiary/aromatic N) is 3. The van der Waals surface area contributed by atoms with Crippen LogP contribution in [0.5, 0.6) is 5.75 Å². The molecule has 7 nitrogen and oxygen atoms in total. The van der Waals surface area contributed by atoms with E-state index in [1.54, 1.807) is 13.0 Å². The van der Waals surface area contributed by atoms with Crippen LogP contribution in [0.1, 0.15) is 18.2 Å². The average Bonchev–Trinajstić information content (AvgIpc) is 2.88. The van der Waals surface area contributed by atoms with Crippen LogP contribution < -0.4 is 5.14 Å². The molecule has 2 aromatic rings. The number of nitrogens with two attached hydrogens (primary N) is 1. The fourth-order valence-corrected chi connectivity index (χ4v) is 4.21. The second kappa shape index (κ2) is 6.25. The number of primary sulfonamides is 1. The zero-order valence-corrected chi connectivity index (χ0v) is 14.9. The third kappa shape index (κ3) is 3.34. The summed E-state index contributed by atoms with van der Waals surface area (Å²) in [6, 6.07) is 4.45. The van der Waals surface area contributed by atoms with E-state index < -0.39 is 10.0 Å². The predicted molar refractivity (Wildman–Crippen MR) is 93.4 cm³/mol. The third-order valence-electron chi connectivity index (χ3n) is 3.57. The van der Waals surface area contributed by atoms with E-state index in [4.69, 9.17) is 16.7 Å². The second-order valence-electron chi connectivity index (χ2n) is 5.38. The Morgan fingerprint density at radius 3 is 2.83 bits per heavy atom. The van der Waals surface area contributed by atoms with Crippen LogP contribution in [-0.2, 0) is 16.4 Å². The van der Waals surface area contributed by atoms with Crippen molar-refractivity contribution in [2.45, 2.75) is 13.3 Å². The lowest BCUT2D eigenvalue weighted by Crippen LogP contribution is -2.22. The molecule has 1 aromatic heterocycles. The first-order chi connectivity index (χ1) is 11.3. The van der Waals surface area contributed by atoms with Gasteiger partial charge in [0.15, 0.2) is 5.00 Å². The Bertz CT molecular complexity index is 966. The van der Waals surface area contributed by atoms with E-state index in [1.165, 1.54) is 18.2 Å². The molecule has 0 amide bonds. The Hall–Kier alpha value is -1.81. The summed E-state index contributed by atoms with van der Waals surface area (Å²) in [6.07, 6.45) is 2.00. The van der Waals surface area contributed by atoms with Crippen LogP contribution in [0.15, 0.2) is 33.3 Å². The summed E-state index contributed by atoms with van der Waals surface area (Å²) in [6.45, 7) is 1.79. The Balaban J connectivity index is 1.97. The van der Waals surface area contributed by atoms with E-state index in [9.17, 15) is 13.5 Å². The van der Waals surface area contributed by atoms with Crippen molar-refractivity contribution in [3.05, 3.63) is 39.4 Å². The summed E-state index contributed by atoms with van der Waals surface area (Å²) >= 11 is 6.96. The molecule has 0 fully saturated rings. The number of phenols is 1. The van der Waals surface area contributed by atoms with Gasteiger partial charge in [0.2, 0.25) is 10.0 Å². The lowest BCUT2D eigenvalue weighted by Gasteiger charge is -2.18. The third-order valence-corrected chi connectivity index (χ3v) is 5.84. The molecule has 24 heavy (non-hydrogen) atoms. The molecule has 1 unspecified atom stereocenters. The number of hydrogen-bond donors (Lipinski definition) is 2. The van der Waals surface area contributed by atoms with Gasteiger partial charge in [0.25, 0.3) is 0 Å². The van der Waals surface area contributed by atoms with Gasteiger partial charge in [0.05, 0.1) is 21.3 Å². The normalized spacial score (nSPS) is 17.8. The smallest absolute Gasteiger partial charge is 0.234 e. The first-order valence-corrected chi connectivity index (χ1v) is 9.58. The number of allylic oxidation sites excluding steroid dienone is 1. The second-order valence-corrected chi connectivity index (χ2v) is 8.10. The van der Waals surface area contributed by atoms with Gasteiger partial charge in [0.1, 0.15) is 5.75 Å². The highest BCUT2D eigenvalue weighted by Crippen LogP contribution is 2.39. The predicted octanol–water partition coefficient (Wildman–Crippen LogP) is 3.74. The van der Waals surface area contributed by atoms with Crippen molar-refractivity contribution >= 4 is 49.9 Å². The number of halogens is 1. The van der Waals surface area contributed by atoms with E-state index in [-0.39, 0.29) is 21.6 Å². The molecule has 1 aromatic carbocycles. The van der Waals surface area contributed by atoms with Crippen molar-refractivity contribution in [1.29, 1.82) is 0 Å². The molecule has 1 atom stereocenters. The fraction of sp³-hybridized carbons (Fsp3) is 0.214. The number of aromatic nitrogens is 1. The minimum absolute atomic E-state index is 0.0412. The molecule has 10 heteroatoms. The minimum atomic E-state index is -3.77. The molecule has 1 aliphatic rings. The summed E-state index contributed by atoms with van der Waals surface area (Å²) in [4.78, 5) is 0.166. The summed E-state index contributed by atoms with van der Waals surface area (Å²) in [7, 11) is -3.77. The number of fused-ring (bicyclic) bond motifs is 1. The topological polar surface area (TPSA) is 118 Å². The first-order valence-electron chi connectivity index (χ1n) is 6.89. The van der Waals surface area contributed by atoms with Gasteiger partial charge in [-0.3, -0.25) is 0 Å². The van der Waals surface area contributed by atoms with Gasteiger partial charge in [-0.1, -0.05) is 18.5 Å². The SMILES string of the molecule is CC1Cc2nsc(N=Nc3ccc(O)c(Cl)c3)c2C=C1S(N)(=O)=O. The molecular weight excluding hydrogens is 372 g/mol. The van der Waals surface area contributed by atoms with Crippen LogP contribution in [0.3, 0.4) is 0 Å². The number of rotatable bonds is 3. The Morgan fingerprint density at radius 2 is 2.17 bits per heavy atom. The minimum Gasteiger partial charge on any atom is -0.506 e. The molecule has 0 bridgehead atoms. The van der Waals surface area contributed by atoms with Crippen molar-refractivity contribution in [2.24, 2.45) is 21.3 Å². The number of phenolic OH excluding ortho intramolecular Hbond substituents is 1. The van der Waals surface area contributed by atoms with Crippen molar-refractivity contribution in [3.63, 3.8) is 0 Å². The molecule has 0 spiro atoms. The summed E-state index contributed by atoms with van der Waals surface area (Å²) < 4.78 is 27.7. The van der Waals surface area contributed by atoms with Crippen LogP contribution in [0, 0.1) is 5.92 Å². The zero-order valence-electron chi connectivity index (χ0n) is 12.5. The maximum absolute atomic E-state index is 11.7. The van der Waals surface area contributed by atoms with Crippen LogP contribution in [0.25, 0.3) is 6.08 Å². The van der Waals surface area contributed by atoms with E-state index in [0.29, 0.717) is 22.7 Å². The molecule has 3 rings (SSSR count). The van der Waals surface area contributed by atoms with Gasteiger partial charge in [0, 0.05) is 5.56 Å². The van der Waals surface area contributed by atoms with Gasteiger partial charge >= 0.3 is 0 Å². The molecule has 1 aliphatic carbocycles. The lowest BCUT2D eigenvalue weighted by atomic mass is 9.96. The molecule has 1 heterocycles. The van der Waals surface area contributed by atoms with Crippen LogP contribution in [0.2, 0.25) is 5.02 Å². The Kier molecular flexibility index (Phi) is 4.43. The van der Waals surface area contributed by atoms with Crippen LogP contribution in [0.4, 0.5) is 10.7 Å². The van der Waals surface area contributed by atoms with Crippen molar-refractivity contribution in [3.8, 4) is 5.75 Å². The van der Waals surface area contributed by atoms with E-state index in [2.05, 4.69) is 14.6 Å². The van der Waals surface area contributed by atoms with Crippen molar-refractivity contribution in [1.82, 2.24) is 4.37 Å². The molecular formula is C14H13ClN4O3S2. The number of aromatic hydroxyl groups is 1. The molecule has 0 saturated heterocycles. The van der Waals surface area contributed by atoms with Gasteiger partial charge in [-0.25, -0.2) is 13.6 Å². The Labute approximate surface area is 147 Å². The zero-order chi connectivity index (χ0) is 17.5. The lowest BCUT2D eigenvalue weighted by molar-refractivity contribution is 0.475. The van der Waals surface area contributed by atoms with Gasteiger partial charge in [-0.15, -0.1) is 10.2 Å². The number of azo groups is 1. The fourth-order valence-electron chi connectivity index (χ4n) is 2.38. The van der Waals surface area contributed by atoms with Crippen LogP contribution in [-0.4, -0.2) is 17.9 Å². The maximum atomic E-state index is 11.7. The molecule has 0 aliphatic heterocycles. The highest BCUT2D eigenvalue weighted by molar-refractivity contribution is 7.93. The molecule has 3 N–H and O–H groups in total.